The second-order valence-electron chi connectivity index (χ2n) is 2.58. The molecule has 0 aromatic carbocycles. The quantitative estimate of drug-likeness (QED) is 0.426. The Bertz CT molecular complexity index is 118. The van der Waals surface area contributed by atoms with E-state index in [1.165, 1.54) is 0 Å². The Morgan fingerprint density at radius 2 is 1.07 bits per heavy atom. The van der Waals surface area contributed by atoms with E-state index in [-0.39, 0.29) is 0 Å². The van der Waals surface area contributed by atoms with Gasteiger partial charge in [0.1, 0.15) is 0 Å². The maximum absolute atomic E-state index is 5.60. The van der Waals surface area contributed by atoms with Crippen LogP contribution in [0.1, 0.15) is 0 Å². The molecule has 7 heteroatoms. The van der Waals surface area contributed by atoms with Crippen LogP contribution in [0.2, 0.25) is 4.94 Å². The Hall–Kier alpha value is 1.73. The summed E-state index contributed by atoms with van der Waals surface area (Å²) >= 11 is 9.04. The summed E-state index contributed by atoms with van der Waals surface area (Å²) in [5, 5.41) is 0. The molecular formula is C7H18O3S3Sn. The Kier molecular flexibility index (Phi) is 11.1. The summed E-state index contributed by atoms with van der Waals surface area (Å²) in [6.07, 6.45) is 0. The summed E-state index contributed by atoms with van der Waals surface area (Å²) in [6, 6.07) is 0. The fraction of sp³-hybridized carbons (Fsp3) is 1.00. The topological polar surface area (TPSA) is 27.7 Å². The third kappa shape index (κ3) is 7.95. The SMILES string of the molecule is [CH3][Sn]([O]CCS)([O]CCS)[O]CCS. The van der Waals surface area contributed by atoms with Gasteiger partial charge in [0.25, 0.3) is 0 Å². The first-order valence-corrected chi connectivity index (χ1v) is 12.7. The van der Waals surface area contributed by atoms with Gasteiger partial charge in [-0.15, -0.1) is 0 Å². The van der Waals surface area contributed by atoms with Gasteiger partial charge in [-0.25, -0.2) is 0 Å². The van der Waals surface area contributed by atoms with Gasteiger partial charge in [-0.1, -0.05) is 0 Å². The van der Waals surface area contributed by atoms with Gasteiger partial charge in [0, 0.05) is 0 Å². The molecule has 0 radical (unpaired) electrons. The first-order chi connectivity index (χ1) is 6.68. The van der Waals surface area contributed by atoms with Crippen LogP contribution in [0.25, 0.3) is 0 Å². The standard InChI is InChI=1S/3C2H5OS.CH3.Sn/c3*3-1-2-4;;/h3*4H,1-2H2;1H3;/q3*-1;;+3. The molecule has 0 heterocycles. The third-order valence-electron chi connectivity index (χ3n) is 1.37. The van der Waals surface area contributed by atoms with Gasteiger partial charge in [-0.2, -0.15) is 0 Å². The van der Waals surface area contributed by atoms with Crippen LogP contribution in [0.4, 0.5) is 0 Å². The summed E-state index contributed by atoms with van der Waals surface area (Å²) < 4.78 is 16.8. The predicted octanol–water partition coefficient (Wildman–Crippen LogP) is 1.39. The summed E-state index contributed by atoms with van der Waals surface area (Å²) in [4.78, 5) is 1.95. The molecule has 0 fully saturated rings. The molecular weight excluding hydrogens is 347 g/mol. The molecule has 14 heavy (non-hydrogen) atoms. The fourth-order valence-electron chi connectivity index (χ4n) is 0.818. The second kappa shape index (κ2) is 9.92. The van der Waals surface area contributed by atoms with Gasteiger partial charge in [-0.05, 0) is 0 Å². The molecule has 0 aliphatic heterocycles. The van der Waals surface area contributed by atoms with Crippen molar-refractivity contribution in [3.63, 3.8) is 0 Å². The molecule has 86 valence electrons. The first-order valence-electron chi connectivity index (χ1n) is 4.43. The van der Waals surface area contributed by atoms with Crippen molar-refractivity contribution in [2.24, 2.45) is 0 Å². The van der Waals surface area contributed by atoms with Gasteiger partial charge in [0.05, 0.1) is 0 Å². The Morgan fingerprint density at radius 1 is 0.786 bits per heavy atom. The van der Waals surface area contributed by atoms with E-state index in [0.717, 1.165) is 0 Å². The van der Waals surface area contributed by atoms with E-state index in [1.807, 2.05) is 4.94 Å². The molecule has 0 amide bonds. The minimum atomic E-state index is -3.21. The molecule has 0 saturated heterocycles. The summed E-state index contributed by atoms with van der Waals surface area (Å²) in [6.45, 7) is 1.73. The van der Waals surface area contributed by atoms with Gasteiger partial charge in [0.2, 0.25) is 0 Å². The van der Waals surface area contributed by atoms with E-state index in [4.69, 9.17) is 9.22 Å². The van der Waals surface area contributed by atoms with Crippen molar-refractivity contribution in [3.05, 3.63) is 0 Å². The molecule has 0 saturated carbocycles. The number of hydrogen-bond acceptors (Lipinski definition) is 6. The molecule has 0 unspecified atom stereocenters. The molecule has 0 spiro atoms. The number of thiol groups is 3. The zero-order valence-corrected chi connectivity index (χ0v) is 13.8. The average molecular weight is 365 g/mol. The molecule has 0 N–H and O–H groups in total. The van der Waals surface area contributed by atoms with Crippen molar-refractivity contribution in [1.82, 2.24) is 0 Å². The molecule has 0 aliphatic rings. The summed E-state index contributed by atoms with van der Waals surface area (Å²) in [5.74, 6) is 2.04. The average Bonchev–Trinajstić information content (AvgIpc) is 2.21. The first kappa shape index (κ1) is 15.7. The molecule has 0 atom stereocenters. The fourth-order valence-corrected chi connectivity index (χ4v) is 7.33. The Balaban J connectivity index is 3.89. The van der Waals surface area contributed by atoms with Crippen molar-refractivity contribution in [3.8, 4) is 0 Å². The predicted molar refractivity (Wildman–Crippen MR) is 71.0 cm³/mol. The van der Waals surface area contributed by atoms with Crippen LogP contribution in [0.5, 0.6) is 0 Å². The molecule has 3 nitrogen and oxygen atoms in total. The van der Waals surface area contributed by atoms with Crippen molar-refractivity contribution in [2.45, 2.75) is 4.94 Å². The van der Waals surface area contributed by atoms with Crippen LogP contribution in [-0.4, -0.2) is 56.7 Å². The number of hydrogen-bond donors (Lipinski definition) is 3. The van der Waals surface area contributed by atoms with Crippen LogP contribution < -0.4 is 0 Å². The molecule has 0 aromatic rings. The summed E-state index contributed by atoms with van der Waals surface area (Å²) in [7, 11) is 0. The van der Waals surface area contributed by atoms with E-state index in [9.17, 15) is 0 Å². The monoisotopic (exact) mass is 366 g/mol. The minimum absolute atomic E-state index is 0.578. The van der Waals surface area contributed by atoms with Crippen LogP contribution in [0.3, 0.4) is 0 Å². The van der Waals surface area contributed by atoms with Crippen molar-refractivity contribution in [2.75, 3.05) is 37.1 Å². The van der Waals surface area contributed by atoms with Crippen LogP contribution in [0, 0.1) is 0 Å². The van der Waals surface area contributed by atoms with E-state index < -0.39 is 19.6 Å². The van der Waals surface area contributed by atoms with E-state index >= 15 is 0 Å². The van der Waals surface area contributed by atoms with Gasteiger partial charge in [-0.3, -0.25) is 0 Å². The van der Waals surface area contributed by atoms with Crippen LogP contribution in [-0.2, 0) is 9.22 Å². The number of rotatable bonds is 9. The normalized spacial score (nSPS) is 12.0. The van der Waals surface area contributed by atoms with Crippen LogP contribution in [0.15, 0.2) is 0 Å². The van der Waals surface area contributed by atoms with E-state index in [0.29, 0.717) is 37.1 Å². The van der Waals surface area contributed by atoms with E-state index in [1.54, 1.807) is 0 Å². The summed E-state index contributed by atoms with van der Waals surface area (Å²) in [5.41, 5.74) is 0. The molecule has 0 rings (SSSR count). The van der Waals surface area contributed by atoms with Crippen LogP contribution >= 0.6 is 37.9 Å². The zero-order chi connectivity index (χ0) is 10.9. The van der Waals surface area contributed by atoms with E-state index in [2.05, 4.69) is 37.9 Å². The van der Waals surface area contributed by atoms with Crippen molar-refractivity contribution >= 4 is 57.5 Å². The Labute approximate surface area is 108 Å². The third-order valence-corrected chi connectivity index (χ3v) is 8.15. The van der Waals surface area contributed by atoms with Gasteiger partial charge < -0.3 is 0 Å². The van der Waals surface area contributed by atoms with Gasteiger partial charge in [0.15, 0.2) is 0 Å². The Morgan fingerprint density at radius 3 is 1.29 bits per heavy atom. The van der Waals surface area contributed by atoms with Gasteiger partial charge >= 0.3 is 109 Å². The molecule has 0 aromatic heterocycles. The van der Waals surface area contributed by atoms with Crippen molar-refractivity contribution < 1.29 is 9.22 Å². The zero-order valence-electron chi connectivity index (χ0n) is 8.31. The van der Waals surface area contributed by atoms with Crippen molar-refractivity contribution in [1.29, 1.82) is 0 Å². The maximum atomic E-state index is 5.60. The second-order valence-corrected chi connectivity index (χ2v) is 11.3. The molecule has 0 aliphatic carbocycles. The molecule has 0 bridgehead atoms.